The molecule has 1 aliphatic heterocycles. The summed E-state index contributed by atoms with van der Waals surface area (Å²) in [6.45, 7) is 2.68. The highest BCUT2D eigenvalue weighted by atomic mass is 16.6. The number of nitrogens with zero attached hydrogens (tertiary/aromatic N) is 2. The predicted octanol–water partition coefficient (Wildman–Crippen LogP) is 5.05. The molecule has 6 heteroatoms. The number of amides is 2. The number of hydrogen-bond donors (Lipinski definition) is 1. The lowest BCUT2D eigenvalue weighted by Gasteiger charge is -2.30. The molecule has 26 heavy (non-hydrogen) atoms. The molecule has 0 aliphatic carbocycles. The largest absolute Gasteiger partial charge is 0.322 e. The Morgan fingerprint density at radius 2 is 1.85 bits per heavy atom. The fourth-order valence-electron chi connectivity index (χ4n) is 3.41. The standard InChI is InChI=1S/C20H23N3O3/c1-15-10-12-16(13-11-15)18-8-3-2-6-14-22(18)20(24)21-17-7-4-5-9-19(17)23(25)26/h4-5,7,9-13,18H,2-3,6,8,14H2,1H3,(H,21,24)/t18-/m1/s1. The molecule has 2 amide bonds. The summed E-state index contributed by atoms with van der Waals surface area (Å²) in [6.07, 6.45) is 3.98. The average Bonchev–Trinajstić information content (AvgIpc) is 2.89. The van der Waals surface area contributed by atoms with E-state index in [1.807, 2.05) is 11.8 Å². The van der Waals surface area contributed by atoms with Crippen molar-refractivity contribution in [2.24, 2.45) is 0 Å². The maximum Gasteiger partial charge on any atom is 0.322 e. The van der Waals surface area contributed by atoms with Gasteiger partial charge in [-0.15, -0.1) is 0 Å². The van der Waals surface area contributed by atoms with E-state index in [0.717, 1.165) is 31.2 Å². The molecular formula is C20H23N3O3. The first kappa shape index (κ1) is 17.9. The smallest absolute Gasteiger partial charge is 0.317 e. The number of carbonyl (C=O) groups excluding carboxylic acids is 1. The molecule has 1 saturated heterocycles. The third-order valence-electron chi connectivity index (χ3n) is 4.82. The minimum Gasteiger partial charge on any atom is -0.317 e. The van der Waals surface area contributed by atoms with Gasteiger partial charge in [0.1, 0.15) is 5.69 Å². The van der Waals surface area contributed by atoms with Crippen LogP contribution in [0.1, 0.15) is 42.9 Å². The summed E-state index contributed by atoms with van der Waals surface area (Å²) in [4.78, 5) is 25.5. The molecule has 0 bridgehead atoms. The van der Waals surface area contributed by atoms with E-state index in [0.29, 0.717) is 6.54 Å². The van der Waals surface area contributed by atoms with Gasteiger partial charge in [0.25, 0.3) is 5.69 Å². The van der Waals surface area contributed by atoms with E-state index in [1.54, 1.807) is 18.2 Å². The summed E-state index contributed by atoms with van der Waals surface area (Å²) in [5.41, 5.74) is 2.42. The van der Waals surface area contributed by atoms with Crippen molar-refractivity contribution in [3.8, 4) is 0 Å². The molecule has 2 aromatic rings. The van der Waals surface area contributed by atoms with Crippen LogP contribution in [0.3, 0.4) is 0 Å². The number of urea groups is 1. The van der Waals surface area contributed by atoms with Crippen LogP contribution in [0, 0.1) is 17.0 Å². The van der Waals surface area contributed by atoms with Gasteiger partial charge in [-0.1, -0.05) is 54.8 Å². The zero-order valence-corrected chi connectivity index (χ0v) is 14.9. The van der Waals surface area contributed by atoms with Gasteiger partial charge in [0.15, 0.2) is 0 Å². The molecule has 1 fully saturated rings. The number of hydrogen-bond acceptors (Lipinski definition) is 3. The highest BCUT2D eigenvalue weighted by molar-refractivity contribution is 5.92. The zero-order valence-electron chi connectivity index (χ0n) is 14.9. The molecule has 0 saturated carbocycles. The number of para-hydroxylation sites is 2. The normalized spacial score (nSPS) is 17.4. The molecule has 0 unspecified atom stereocenters. The first-order valence-corrected chi connectivity index (χ1v) is 8.94. The monoisotopic (exact) mass is 353 g/mol. The Morgan fingerprint density at radius 1 is 1.12 bits per heavy atom. The SMILES string of the molecule is Cc1ccc([C@H]2CCCCCN2C(=O)Nc2ccccc2[N+](=O)[O-])cc1. The lowest BCUT2D eigenvalue weighted by molar-refractivity contribution is -0.383. The Kier molecular flexibility index (Phi) is 5.51. The van der Waals surface area contributed by atoms with E-state index in [1.165, 1.54) is 11.6 Å². The summed E-state index contributed by atoms with van der Waals surface area (Å²) in [5, 5.41) is 13.9. The van der Waals surface area contributed by atoms with Crippen LogP contribution in [0.25, 0.3) is 0 Å². The van der Waals surface area contributed by atoms with Crippen molar-refractivity contribution in [1.82, 2.24) is 4.90 Å². The van der Waals surface area contributed by atoms with Gasteiger partial charge in [0.05, 0.1) is 11.0 Å². The van der Waals surface area contributed by atoms with Crippen molar-refractivity contribution >= 4 is 17.4 Å². The summed E-state index contributed by atoms with van der Waals surface area (Å²) in [7, 11) is 0. The Hall–Kier alpha value is -2.89. The van der Waals surface area contributed by atoms with Crippen LogP contribution in [0.4, 0.5) is 16.2 Å². The molecular weight excluding hydrogens is 330 g/mol. The molecule has 0 radical (unpaired) electrons. The topological polar surface area (TPSA) is 75.5 Å². The fourth-order valence-corrected chi connectivity index (χ4v) is 3.41. The summed E-state index contributed by atoms with van der Waals surface area (Å²) < 4.78 is 0. The Bertz CT molecular complexity index is 789. The molecule has 0 aromatic heterocycles. The predicted molar refractivity (Wildman–Crippen MR) is 101 cm³/mol. The van der Waals surface area contributed by atoms with Gasteiger partial charge in [0, 0.05) is 12.6 Å². The van der Waals surface area contributed by atoms with Crippen molar-refractivity contribution in [1.29, 1.82) is 0 Å². The van der Waals surface area contributed by atoms with Gasteiger partial charge >= 0.3 is 6.03 Å². The highest BCUT2D eigenvalue weighted by Crippen LogP contribution is 2.32. The molecule has 6 nitrogen and oxygen atoms in total. The van der Waals surface area contributed by atoms with Crippen molar-refractivity contribution in [3.05, 3.63) is 69.8 Å². The fraction of sp³-hybridized carbons (Fsp3) is 0.350. The third-order valence-corrected chi connectivity index (χ3v) is 4.82. The van der Waals surface area contributed by atoms with Gasteiger partial charge in [-0.05, 0) is 31.4 Å². The second kappa shape index (κ2) is 7.99. The van der Waals surface area contributed by atoms with Gasteiger partial charge < -0.3 is 10.2 Å². The third kappa shape index (κ3) is 4.02. The molecule has 2 aromatic carbocycles. The van der Waals surface area contributed by atoms with E-state index < -0.39 is 4.92 Å². The number of benzene rings is 2. The minimum absolute atomic E-state index is 0.0131. The molecule has 3 rings (SSSR count). The van der Waals surface area contributed by atoms with Crippen LogP contribution in [-0.4, -0.2) is 22.4 Å². The van der Waals surface area contributed by atoms with Gasteiger partial charge in [0.2, 0.25) is 0 Å². The first-order chi connectivity index (χ1) is 12.6. The van der Waals surface area contributed by atoms with Gasteiger partial charge in [-0.2, -0.15) is 0 Å². The molecule has 1 atom stereocenters. The summed E-state index contributed by atoms with van der Waals surface area (Å²) >= 11 is 0. The Morgan fingerprint density at radius 3 is 2.58 bits per heavy atom. The maximum atomic E-state index is 12.9. The molecule has 136 valence electrons. The Labute approximate surface area is 153 Å². The van der Waals surface area contributed by atoms with Crippen LogP contribution in [-0.2, 0) is 0 Å². The number of carbonyl (C=O) groups is 1. The van der Waals surface area contributed by atoms with Crippen LogP contribution >= 0.6 is 0 Å². The molecule has 1 aliphatic rings. The number of likely N-dealkylation sites (tertiary alicyclic amines) is 1. The Balaban J connectivity index is 1.85. The van der Waals surface area contributed by atoms with E-state index in [4.69, 9.17) is 0 Å². The number of aryl methyl sites for hydroxylation is 1. The van der Waals surface area contributed by atoms with Gasteiger partial charge in [-0.3, -0.25) is 10.1 Å². The number of rotatable bonds is 3. The average molecular weight is 353 g/mol. The van der Waals surface area contributed by atoms with E-state index in [-0.39, 0.29) is 23.4 Å². The van der Waals surface area contributed by atoms with Crippen molar-refractivity contribution in [3.63, 3.8) is 0 Å². The van der Waals surface area contributed by atoms with Crippen molar-refractivity contribution in [2.45, 2.75) is 38.6 Å². The van der Waals surface area contributed by atoms with Gasteiger partial charge in [-0.25, -0.2) is 4.79 Å². The number of nitro benzene ring substituents is 1. The van der Waals surface area contributed by atoms with E-state index >= 15 is 0 Å². The minimum atomic E-state index is -0.477. The van der Waals surface area contributed by atoms with Crippen LogP contribution in [0.15, 0.2) is 48.5 Å². The molecule has 1 heterocycles. The summed E-state index contributed by atoms with van der Waals surface area (Å²) in [6, 6.07) is 14.2. The van der Waals surface area contributed by atoms with E-state index in [9.17, 15) is 14.9 Å². The first-order valence-electron chi connectivity index (χ1n) is 8.94. The number of nitro groups is 1. The second-order valence-corrected chi connectivity index (χ2v) is 6.67. The number of anilines is 1. The lowest BCUT2D eigenvalue weighted by Crippen LogP contribution is -2.38. The van der Waals surface area contributed by atoms with Crippen LogP contribution < -0.4 is 5.32 Å². The molecule has 0 spiro atoms. The quantitative estimate of drug-likeness (QED) is 0.619. The van der Waals surface area contributed by atoms with Crippen LogP contribution in [0.5, 0.6) is 0 Å². The van der Waals surface area contributed by atoms with Crippen molar-refractivity contribution < 1.29 is 9.72 Å². The lowest BCUT2D eigenvalue weighted by atomic mass is 10.00. The highest BCUT2D eigenvalue weighted by Gasteiger charge is 2.28. The van der Waals surface area contributed by atoms with Crippen LogP contribution in [0.2, 0.25) is 0 Å². The number of nitrogens with one attached hydrogen (secondary N) is 1. The van der Waals surface area contributed by atoms with Crippen molar-refractivity contribution in [2.75, 3.05) is 11.9 Å². The zero-order chi connectivity index (χ0) is 18.5. The second-order valence-electron chi connectivity index (χ2n) is 6.67. The maximum absolute atomic E-state index is 12.9. The summed E-state index contributed by atoms with van der Waals surface area (Å²) in [5.74, 6) is 0. The molecule has 1 N–H and O–H groups in total. The van der Waals surface area contributed by atoms with E-state index in [2.05, 4.69) is 29.6 Å².